The molecular formula is C12H10N2OS2. The number of hydrogen-bond donors (Lipinski definition) is 0. The standard InChI is InChI=1S/C12H10N2OS2/c1-7-3-5-9(16-7)11-13-14-12(15-11)10-6-4-8(2)17-10/h3-6H,1-2H3. The van der Waals surface area contributed by atoms with Crippen molar-refractivity contribution in [2.24, 2.45) is 0 Å². The van der Waals surface area contributed by atoms with Crippen molar-refractivity contribution in [3.63, 3.8) is 0 Å². The zero-order valence-corrected chi connectivity index (χ0v) is 11.1. The second-order valence-electron chi connectivity index (χ2n) is 3.73. The van der Waals surface area contributed by atoms with E-state index in [9.17, 15) is 0 Å². The van der Waals surface area contributed by atoms with Gasteiger partial charge in [-0.25, -0.2) is 0 Å². The summed E-state index contributed by atoms with van der Waals surface area (Å²) in [4.78, 5) is 4.53. The summed E-state index contributed by atoms with van der Waals surface area (Å²) in [6.07, 6.45) is 0. The van der Waals surface area contributed by atoms with E-state index in [1.165, 1.54) is 9.75 Å². The van der Waals surface area contributed by atoms with E-state index >= 15 is 0 Å². The lowest BCUT2D eigenvalue weighted by atomic mass is 10.4. The maximum Gasteiger partial charge on any atom is 0.258 e. The first kappa shape index (κ1) is 10.7. The minimum absolute atomic E-state index is 0.601. The summed E-state index contributed by atoms with van der Waals surface area (Å²) in [5, 5.41) is 8.17. The first-order valence-corrected chi connectivity index (χ1v) is 6.83. The van der Waals surface area contributed by atoms with E-state index in [0.717, 1.165) is 9.75 Å². The van der Waals surface area contributed by atoms with Crippen LogP contribution in [0.3, 0.4) is 0 Å². The third-order valence-corrected chi connectivity index (χ3v) is 4.30. The van der Waals surface area contributed by atoms with Gasteiger partial charge in [0.15, 0.2) is 0 Å². The largest absolute Gasteiger partial charge is 0.414 e. The maximum atomic E-state index is 5.68. The molecular weight excluding hydrogens is 252 g/mol. The van der Waals surface area contributed by atoms with Crippen molar-refractivity contribution >= 4 is 22.7 Å². The first-order chi connectivity index (χ1) is 8.22. The zero-order valence-electron chi connectivity index (χ0n) is 9.43. The molecule has 0 aliphatic carbocycles. The van der Waals surface area contributed by atoms with Gasteiger partial charge in [-0.05, 0) is 38.1 Å². The summed E-state index contributed by atoms with van der Waals surface area (Å²) < 4.78 is 5.68. The molecule has 0 aliphatic rings. The minimum atomic E-state index is 0.601. The van der Waals surface area contributed by atoms with Crippen LogP contribution < -0.4 is 0 Å². The number of aromatic nitrogens is 2. The molecule has 0 aliphatic heterocycles. The molecule has 3 nitrogen and oxygen atoms in total. The number of nitrogens with zero attached hydrogens (tertiary/aromatic N) is 2. The van der Waals surface area contributed by atoms with Crippen LogP contribution in [0, 0.1) is 13.8 Å². The van der Waals surface area contributed by atoms with Gasteiger partial charge >= 0.3 is 0 Å². The van der Waals surface area contributed by atoms with E-state index in [0.29, 0.717) is 11.8 Å². The maximum absolute atomic E-state index is 5.68. The fourth-order valence-electron chi connectivity index (χ4n) is 1.52. The highest BCUT2D eigenvalue weighted by atomic mass is 32.1. The summed E-state index contributed by atoms with van der Waals surface area (Å²) in [6.45, 7) is 4.13. The van der Waals surface area contributed by atoms with Crippen LogP contribution in [-0.4, -0.2) is 10.2 Å². The van der Waals surface area contributed by atoms with Crippen LogP contribution in [0.4, 0.5) is 0 Å². The fourth-order valence-corrected chi connectivity index (χ4v) is 3.10. The molecule has 3 aromatic heterocycles. The lowest BCUT2D eigenvalue weighted by Crippen LogP contribution is -1.71. The number of thiophene rings is 2. The predicted molar refractivity (Wildman–Crippen MR) is 70.4 cm³/mol. The molecule has 0 spiro atoms. The monoisotopic (exact) mass is 262 g/mol. The van der Waals surface area contributed by atoms with E-state index < -0.39 is 0 Å². The van der Waals surface area contributed by atoms with Gasteiger partial charge in [-0.15, -0.1) is 32.9 Å². The average Bonchev–Trinajstić information content (AvgIpc) is 2.96. The van der Waals surface area contributed by atoms with Crippen LogP contribution in [0.1, 0.15) is 9.75 Å². The van der Waals surface area contributed by atoms with Crippen molar-refractivity contribution in [1.82, 2.24) is 10.2 Å². The molecule has 0 saturated heterocycles. The van der Waals surface area contributed by atoms with E-state index in [2.05, 4.69) is 36.2 Å². The summed E-state index contributed by atoms with van der Waals surface area (Å²) in [5.41, 5.74) is 0. The topological polar surface area (TPSA) is 38.9 Å². The molecule has 0 saturated carbocycles. The normalized spacial score (nSPS) is 10.9. The summed E-state index contributed by atoms with van der Waals surface area (Å²) >= 11 is 3.32. The van der Waals surface area contributed by atoms with Gasteiger partial charge in [0.1, 0.15) is 0 Å². The Morgan fingerprint density at radius 1 is 0.824 bits per heavy atom. The van der Waals surface area contributed by atoms with Gasteiger partial charge in [-0.1, -0.05) is 0 Å². The van der Waals surface area contributed by atoms with Crippen LogP contribution in [0.15, 0.2) is 28.7 Å². The molecule has 0 radical (unpaired) electrons. The number of rotatable bonds is 2. The van der Waals surface area contributed by atoms with Crippen molar-refractivity contribution in [2.45, 2.75) is 13.8 Å². The Hall–Kier alpha value is -1.46. The number of hydrogen-bond acceptors (Lipinski definition) is 5. The van der Waals surface area contributed by atoms with Crippen molar-refractivity contribution < 1.29 is 4.42 Å². The second-order valence-corrected chi connectivity index (χ2v) is 6.31. The predicted octanol–water partition coefficient (Wildman–Crippen LogP) is 4.14. The molecule has 0 fully saturated rings. The Morgan fingerprint density at radius 2 is 1.29 bits per heavy atom. The van der Waals surface area contributed by atoms with Gasteiger partial charge in [-0.3, -0.25) is 0 Å². The Balaban J connectivity index is 1.98. The third-order valence-electron chi connectivity index (χ3n) is 2.33. The molecule has 3 rings (SSSR count). The average molecular weight is 262 g/mol. The minimum Gasteiger partial charge on any atom is -0.414 e. The van der Waals surface area contributed by atoms with Gasteiger partial charge in [0.25, 0.3) is 11.8 Å². The molecule has 5 heteroatoms. The van der Waals surface area contributed by atoms with Gasteiger partial charge in [-0.2, -0.15) is 0 Å². The molecule has 0 unspecified atom stereocenters. The van der Waals surface area contributed by atoms with Gasteiger partial charge in [0.05, 0.1) is 9.75 Å². The van der Waals surface area contributed by atoms with Crippen molar-refractivity contribution in [1.29, 1.82) is 0 Å². The third kappa shape index (κ3) is 2.03. The lowest BCUT2D eigenvalue weighted by Gasteiger charge is -1.87. The van der Waals surface area contributed by atoms with Gasteiger partial charge < -0.3 is 4.42 Å². The highest BCUT2D eigenvalue weighted by molar-refractivity contribution is 7.15. The Kier molecular flexibility index (Phi) is 2.57. The Labute approximate surface area is 107 Å². The molecule has 0 bridgehead atoms. The van der Waals surface area contributed by atoms with E-state index in [-0.39, 0.29) is 0 Å². The van der Waals surface area contributed by atoms with Crippen LogP contribution in [-0.2, 0) is 0 Å². The molecule has 86 valence electrons. The van der Waals surface area contributed by atoms with Crippen molar-refractivity contribution in [3.05, 3.63) is 34.0 Å². The second kappa shape index (κ2) is 4.09. The smallest absolute Gasteiger partial charge is 0.258 e. The first-order valence-electron chi connectivity index (χ1n) is 5.19. The Morgan fingerprint density at radius 3 is 1.65 bits per heavy atom. The van der Waals surface area contributed by atoms with E-state index in [1.807, 2.05) is 12.1 Å². The Bertz CT molecular complexity index is 596. The van der Waals surface area contributed by atoms with Crippen LogP contribution in [0.2, 0.25) is 0 Å². The fraction of sp³-hybridized carbons (Fsp3) is 0.167. The number of aryl methyl sites for hydroxylation is 2. The molecule has 0 atom stereocenters. The lowest BCUT2D eigenvalue weighted by molar-refractivity contribution is 0.587. The van der Waals surface area contributed by atoms with E-state index in [1.54, 1.807) is 22.7 Å². The molecule has 3 aromatic rings. The highest BCUT2D eigenvalue weighted by Crippen LogP contribution is 2.31. The summed E-state index contributed by atoms with van der Waals surface area (Å²) in [5.74, 6) is 1.20. The quantitative estimate of drug-likeness (QED) is 0.696. The van der Waals surface area contributed by atoms with Gasteiger partial charge in [0, 0.05) is 9.75 Å². The molecule has 0 aromatic carbocycles. The van der Waals surface area contributed by atoms with Gasteiger partial charge in [0.2, 0.25) is 0 Å². The van der Waals surface area contributed by atoms with Crippen molar-refractivity contribution in [3.8, 4) is 21.5 Å². The highest BCUT2D eigenvalue weighted by Gasteiger charge is 2.12. The van der Waals surface area contributed by atoms with Crippen molar-refractivity contribution in [2.75, 3.05) is 0 Å². The van der Waals surface area contributed by atoms with Crippen LogP contribution in [0.5, 0.6) is 0 Å². The summed E-state index contributed by atoms with van der Waals surface area (Å²) in [7, 11) is 0. The van der Waals surface area contributed by atoms with Crippen LogP contribution >= 0.6 is 22.7 Å². The zero-order chi connectivity index (χ0) is 11.8. The molecule has 3 heterocycles. The summed E-state index contributed by atoms with van der Waals surface area (Å²) in [6, 6.07) is 8.13. The van der Waals surface area contributed by atoms with E-state index in [4.69, 9.17) is 4.42 Å². The molecule has 0 N–H and O–H groups in total. The SMILES string of the molecule is Cc1ccc(-c2nnc(-c3ccc(C)s3)o2)s1. The van der Waals surface area contributed by atoms with Crippen LogP contribution in [0.25, 0.3) is 21.5 Å². The molecule has 17 heavy (non-hydrogen) atoms. The molecule has 0 amide bonds.